The van der Waals surface area contributed by atoms with Gasteiger partial charge in [-0.05, 0) is 41.1 Å². The van der Waals surface area contributed by atoms with Crippen LogP contribution in [0.1, 0.15) is 5.56 Å². The number of hydrogen-bond donors (Lipinski definition) is 0. The standard InChI is InChI=1S/C6H6IN/c1-5-3-2-4-8-6(5)7/h2-4H,1H3. The quantitative estimate of drug-likeness (QED) is 0.480. The molecule has 1 rings (SSSR count). The highest BCUT2D eigenvalue weighted by atomic mass is 127. The van der Waals surface area contributed by atoms with Crippen molar-refractivity contribution in [2.45, 2.75) is 6.92 Å². The molecule has 1 heterocycles. The van der Waals surface area contributed by atoms with E-state index in [1.807, 2.05) is 6.07 Å². The molecule has 0 aliphatic rings. The fraction of sp³-hybridized carbons (Fsp3) is 0.167. The monoisotopic (exact) mass is 219 g/mol. The molecule has 0 bridgehead atoms. The Balaban J connectivity index is 3.13. The van der Waals surface area contributed by atoms with E-state index in [0.717, 1.165) is 3.70 Å². The van der Waals surface area contributed by atoms with Crippen LogP contribution in [0.5, 0.6) is 0 Å². The number of rotatable bonds is 0. The smallest absolute Gasteiger partial charge is 0.104 e. The molecule has 0 aromatic carbocycles. The third-order valence-electron chi connectivity index (χ3n) is 0.946. The van der Waals surface area contributed by atoms with E-state index in [-0.39, 0.29) is 0 Å². The van der Waals surface area contributed by atoms with Gasteiger partial charge in [0.05, 0.1) is 0 Å². The zero-order valence-corrected chi connectivity index (χ0v) is 6.71. The predicted octanol–water partition coefficient (Wildman–Crippen LogP) is 1.99. The third kappa shape index (κ3) is 1.18. The molecular formula is C6H6IN. The number of aryl methyl sites for hydroxylation is 1. The van der Waals surface area contributed by atoms with E-state index in [0.29, 0.717) is 0 Å². The molecule has 2 heteroatoms. The summed E-state index contributed by atoms with van der Waals surface area (Å²) in [5.74, 6) is 0. The summed E-state index contributed by atoms with van der Waals surface area (Å²) in [5.41, 5.74) is 1.24. The van der Waals surface area contributed by atoms with Gasteiger partial charge in [-0.15, -0.1) is 0 Å². The van der Waals surface area contributed by atoms with Crippen LogP contribution in [0.3, 0.4) is 0 Å². The number of pyridine rings is 1. The molecule has 0 unspecified atom stereocenters. The van der Waals surface area contributed by atoms with Crippen molar-refractivity contribution in [2.75, 3.05) is 0 Å². The molecule has 1 nitrogen and oxygen atoms in total. The topological polar surface area (TPSA) is 12.9 Å². The minimum atomic E-state index is 1.09. The maximum atomic E-state index is 4.07. The minimum absolute atomic E-state index is 1.09. The first kappa shape index (κ1) is 6.01. The molecule has 0 aliphatic heterocycles. The van der Waals surface area contributed by atoms with Gasteiger partial charge in [0.25, 0.3) is 0 Å². The van der Waals surface area contributed by atoms with E-state index >= 15 is 0 Å². The van der Waals surface area contributed by atoms with Crippen molar-refractivity contribution < 1.29 is 0 Å². The minimum Gasteiger partial charge on any atom is -0.250 e. The summed E-state index contributed by atoms with van der Waals surface area (Å²) in [5, 5.41) is 0. The van der Waals surface area contributed by atoms with Crippen molar-refractivity contribution in [2.24, 2.45) is 0 Å². The fourth-order valence-corrected chi connectivity index (χ4v) is 0.807. The normalized spacial score (nSPS) is 9.25. The Hall–Kier alpha value is -0.120. The summed E-state index contributed by atoms with van der Waals surface area (Å²) in [4.78, 5) is 4.07. The molecule has 0 aliphatic carbocycles. The van der Waals surface area contributed by atoms with Gasteiger partial charge in [-0.1, -0.05) is 6.07 Å². The van der Waals surface area contributed by atoms with Crippen molar-refractivity contribution in [1.82, 2.24) is 4.98 Å². The van der Waals surface area contributed by atoms with Gasteiger partial charge in [-0.2, -0.15) is 0 Å². The van der Waals surface area contributed by atoms with Gasteiger partial charge < -0.3 is 0 Å². The number of nitrogens with zero attached hydrogens (tertiary/aromatic N) is 1. The maximum Gasteiger partial charge on any atom is 0.104 e. The second-order valence-corrected chi connectivity index (χ2v) is 2.63. The highest BCUT2D eigenvalue weighted by Gasteiger charge is 1.87. The zero-order chi connectivity index (χ0) is 5.98. The number of halogens is 1. The number of hydrogen-bond acceptors (Lipinski definition) is 1. The van der Waals surface area contributed by atoms with E-state index in [2.05, 4.69) is 40.6 Å². The van der Waals surface area contributed by atoms with Crippen LogP contribution in [0, 0.1) is 10.6 Å². The van der Waals surface area contributed by atoms with Crippen molar-refractivity contribution in [3.8, 4) is 0 Å². The van der Waals surface area contributed by atoms with Gasteiger partial charge in [0.15, 0.2) is 0 Å². The van der Waals surface area contributed by atoms with Gasteiger partial charge in [0, 0.05) is 6.20 Å². The summed E-state index contributed by atoms with van der Waals surface area (Å²) in [6.45, 7) is 2.05. The molecule has 42 valence electrons. The van der Waals surface area contributed by atoms with Gasteiger partial charge in [-0.25, -0.2) is 0 Å². The van der Waals surface area contributed by atoms with Gasteiger partial charge in [0.1, 0.15) is 3.70 Å². The van der Waals surface area contributed by atoms with Crippen LogP contribution in [0.25, 0.3) is 0 Å². The zero-order valence-electron chi connectivity index (χ0n) is 4.56. The summed E-state index contributed by atoms with van der Waals surface area (Å²) in [6.07, 6.45) is 1.80. The molecular weight excluding hydrogens is 213 g/mol. The lowest BCUT2D eigenvalue weighted by atomic mass is 10.3. The molecule has 1 aromatic heterocycles. The van der Waals surface area contributed by atoms with Crippen molar-refractivity contribution >= 4 is 22.6 Å². The predicted molar refractivity (Wildman–Crippen MR) is 41.7 cm³/mol. The summed E-state index contributed by atoms with van der Waals surface area (Å²) >= 11 is 2.21. The molecule has 0 fully saturated rings. The second-order valence-electron chi connectivity index (χ2n) is 1.61. The van der Waals surface area contributed by atoms with Gasteiger partial charge in [0.2, 0.25) is 0 Å². The Labute approximate surface area is 62.3 Å². The Kier molecular flexibility index (Phi) is 1.83. The van der Waals surface area contributed by atoms with Crippen molar-refractivity contribution in [3.63, 3.8) is 0 Å². The van der Waals surface area contributed by atoms with Crippen LogP contribution in [-0.4, -0.2) is 4.98 Å². The van der Waals surface area contributed by atoms with Gasteiger partial charge >= 0.3 is 0 Å². The second kappa shape index (κ2) is 2.44. The van der Waals surface area contributed by atoms with Crippen LogP contribution in [0.4, 0.5) is 0 Å². The Morgan fingerprint density at radius 1 is 1.62 bits per heavy atom. The maximum absolute atomic E-state index is 4.07. The molecule has 8 heavy (non-hydrogen) atoms. The third-order valence-corrected chi connectivity index (χ3v) is 2.07. The molecule has 0 saturated carbocycles. The highest BCUT2D eigenvalue weighted by molar-refractivity contribution is 14.1. The average Bonchev–Trinajstić information content (AvgIpc) is 1.77. The van der Waals surface area contributed by atoms with E-state index in [4.69, 9.17) is 0 Å². The Morgan fingerprint density at radius 2 is 2.38 bits per heavy atom. The summed E-state index contributed by atoms with van der Waals surface area (Å²) in [6, 6.07) is 3.99. The molecule has 0 atom stereocenters. The van der Waals surface area contributed by atoms with Gasteiger partial charge in [-0.3, -0.25) is 4.98 Å². The Morgan fingerprint density at radius 3 is 2.75 bits per heavy atom. The fourth-order valence-electron chi connectivity index (χ4n) is 0.466. The summed E-state index contributed by atoms with van der Waals surface area (Å²) in [7, 11) is 0. The van der Waals surface area contributed by atoms with Crippen molar-refractivity contribution in [3.05, 3.63) is 27.6 Å². The van der Waals surface area contributed by atoms with Crippen molar-refractivity contribution in [1.29, 1.82) is 0 Å². The van der Waals surface area contributed by atoms with Crippen LogP contribution in [0.2, 0.25) is 0 Å². The molecule has 0 saturated heterocycles. The Bertz CT molecular complexity index is 165. The number of aromatic nitrogens is 1. The lowest BCUT2D eigenvalue weighted by Crippen LogP contribution is -1.81. The van der Waals surface area contributed by atoms with E-state index in [1.54, 1.807) is 6.20 Å². The first-order valence-corrected chi connectivity index (χ1v) is 3.45. The largest absolute Gasteiger partial charge is 0.250 e. The van der Waals surface area contributed by atoms with E-state index in [9.17, 15) is 0 Å². The SMILES string of the molecule is Cc1cccnc1I. The van der Waals surface area contributed by atoms with Crippen LogP contribution >= 0.6 is 22.6 Å². The first-order valence-electron chi connectivity index (χ1n) is 2.38. The molecule has 0 amide bonds. The van der Waals surface area contributed by atoms with E-state index < -0.39 is 0 Å². The van der Waals surface area contributed by atoms with Crippen LogP contribution in [0.15, 0.2) is 18.3 Å². The lowest BCUT2D eigenvalue weighted by molar-refractivity contribution is 1.21. The van der Waals surface area contributed by atoms with Crippen LogP contribution < -0.4 is 0 Å². The first-order chi connectivity index (χ1) is 3.80. The molecule has 0 radical (unpaired) electrons. The van der Waals surface area contributed by atoms with Crippen LogP contribution in [-0.2, 0) is 0 Å². The molecule has 0 N–H and O–H groups in total. The molecule has 0 spiro atoms. The molecule has 1 aromatic rings. The average molecular weight is 219 g/mol. The van der Waals surface area contributed by atoms with E-state index in [1.165, 1.54) is 5.56 Å². The highest BCUT2D eigenvalue weighted by Crippen LogP contribution is 2.04. The summed E-state index contributed by atoms with van der Waals surface area (Å²) < 4.78 is 1.09. The lowest BCUT2D eigenvalue weighted by Gasteiger charge is -1.90.